The van der Waals surface area contributed by atoms with Crippen molar-refractivity contribution in [3.8, 4) is 0 Å². The van der Waals surface area contributed by atoms with Crippen molar-refractivity contribution >= 4 is 0 Å². The summed E-state index contributed by atoms with van der Waals surface area (Å²) in [6.07, 6.45) is 3.79. The molecule has 2 aromatic rings. The summed E-state index contributed by atoms with van der Waals surface area (Å²) in [6.45, 7) is 3.73. The maximum absolute atomic E-state index is 3.96. The number of nitrogens with one attached hydrogen (secondary N) is 3. The standard InChI is InChI=1S/C10H14N4/c1-8-9(6-13-14-8)5-11-7-10-3-2-4-12-10/h2-4,6,11-12H,5,7H2,1H3,(H,13,14). The zero-order valence-electron chi connectivity index (χ0n) is 8.17. The fourth-order valence-electron chi connectivity index (χ4n) is 1.36. The van der Waals surface area contributed by atoms with Gasteiger partial charge in [-0.2, -0.15) is 5.10 Å². The topological polar surface area (TPSA) is 56.5 Å². The van der Waals surface area contributed by atoms with Crippen LogP contribution in [0.4, 0.5) is 0 Å². The molecule has 0 radical (unpaired) electrons. The van der Waals surface area contributed by atoms with E-state index in [1.165, 1.54) is 11.3 Å². The maximum Gasteiger partial charge on any atom is 0.0535 e. The average molecular weight is 190 g/mol. The van der Waals surface area contributed by atoms with Crippen LogP contribution >= 0.6 is 0 Å². The molecule has 0 saturated carbocycles. The predicted octanol–water partition coefficient (Wildman–Crippen LogP) is 1.34. The number of nitrogens with zero attached hydrogens (tertiary/aromatic N) is 1. The van der Waals surface area contributed by atoms with E-state index in [-0.39, 0.29) is 0 Å². The lowest BCUT2D eigenvalue weighted by Crippen LogP contribution is -2.13. The minimum atomic E-state index is 0.849. The van der Waals surface area contributed by atoms with Crippen LogP contribution in [0.3, 0.4) is 0 Å². The minimum absolute atomic E-state index is 0.849. The summed E-state index contributed by atoms with van der Waals surface area (Å²) < 4.78 is 0. The lowest BCUT2D eigenvalue weighted by atomic mass is 10.2. The van der Waals surface area contributed by atoms with Crippen LogP contribution in [0.15, 0.2) is 24.5 Å². The third-order valence-electron chi connectivity index (χ3n) is 2.23. The van der Waals surface area contributed by atoms with E-state index < -0.39 is 0 Å². The molecule has 74 valence electrons. The van der Waals surface area contributed by atoms with E-state index in [1.807, 2.05) is 25.4 Å². The quantitative estimate of drug-likeness (QED) is 0.681. The Morgan fingerprint density at radius 2 is 2.36 bits per heavy atom. The Bertz CT molecular complexity index is 374. The molecule has 14 heavy (non-hydrogen) atoms. The summed E-state index contributed by atoms with van der Waals surface area (Å²) in [4.78, 5) is 3.15. The van der Waals surface area contributed by atoms with Gasteiger partial charge in [0.05, 0.1) is 6.20 Å². The van der Waals surface area contributed by atoms with Crippen molar-refractivity contribution in [3.05, 3.63) is 41.5 Å². The SMILES string of the molecule is Cc1[nH]ncc1CNCc1ccc[nH]1. The van der Waals surface area contributed by atoms with Gasteiger partial charge < -0.3 is 10.3 Å². The van der Waals surface area contributed by atoms with Crippen molar-refractivity contribution in [2.45, 2.75) is 20.0 Å². The van der Waals surface area contributed by atoms with Gasteiger partial charge in [0.2, 0.25) is 0 Å². The molecular formula is C10H14N4. The largest absolute Gasteiger partial charge is 0.364 e. The third kappa shape index (κ3) is 2.03. The molecule has 2 heterocycles. The number of rotatable bonds is 4. The van der Waals surface area contributed by atoms with Gasteiger partial charge in [-0.1, -0.05) is 0 Å². The summed E-state index contributed by atoms with van der Waals surface area (Å²) in [6, 6.07) is 4.06. The second-order valence-corrected chi connectivity index (χ2v) is 3.32. The molecule has 4 heteroatoms. The predicted molar refractivity (Wildman–Crippen MR) is 54.7 cm³/mol. The van der Waals surface area contributed by atoms with Crippen molar-refractivity contribution in [2.75, 3.05) is 0 Å². The monoisotopic (exact) mass is 190 g/mol. The van der Waals surface area contributed by atoms with Gasteiger partial charge in [-0.25, -0.2) is 0 Å². The van der Waals surface area contributed by atoms with E-state index in [2.05, 4.69) is 26.6 Å². The van der Waals surface area contributed by atoms with E-state index in [0.717, 1.165) is 18.8 Å². The van der Waals surface area contributed by atoms with Gasteiger partial charge in [0.15, 0.2) is 0 Å². The van der Waals surface area contributed by atoms with E-state index in [0.29, 0.717) is 0 Å². The molecule has 0 aliphatic heterocycles. The molecule has 0 atom stereocenters. The third-order valence-corrected chi connectivity index (χ3v) is 2.23. The van der Waals surface area contributed by atoms with Crippen molar-refractivity contribution < 1.29 is 0 Å². The van der Waals surface area contributed by atoms with Gasteiger partial charge in [0.1, 0.15) is 0 Å². The molecule has 0 spiro atoms. The van der Waals surface area contributed by atoms with Crippen molar-refractivity contribution in [2.24, 2.45) is 0 Å². The molecule has 0 amide bonds. The molecule has 0 bridgehead atoms. The van der Waals surface area contributed by atoms with Crippen LogP contribution in [0.5, 0.6) is 0 Å². The molecule has 4 nitrogen and oxygen atoms in total. The Hall–Kier alpha value is -1.55. The lowest BCUT2D eigenvalue weighted by Gasteiger charge is -2.01. The van der Waals surface area contributed by atoms with Gasteiger partial charge in [0, 0.05) is 36.2 Å². The summed E-state index contributed by atoms with van der Waals surface area (Å²) in [5, 5.41) is 10.2. The number of aromatic amines is 2. The zero-order chi connectivity index (χ0) is 9.80. The van der Waals surface area contributed by atoms with Crippen LogP contribution in [-0.4, -0.2) is 15.2 Å². The molecule has 0 unspecified atom stereocenters. The highest BCUT2D eigenvalue weighted by Crippen LogP contribution is 2.02. The Balaban J connectivity index is 1.81. The Morgan fingerprint density at radius 3 is 3.00 bits per heavy atom. The fraction of sp³-hybridized carbons (Fsp3) is 0.300. The number of hydrogen-bond acceptors (Lipinski definition) is 2. The Kier molecular flexibility index (Phi) is 2.65. The Labute approximate surface area is 82.7 Å². The average Bonchev–Trinajstić information content (AvgIpc) is 2.78. The molecule has 0 aliphatic rings. The van der Waals surface area contributed by atoms with Gasteiger partial charge in [-0.15, -0.1) is 0 Å². The number of aromatic nitrogens is 3. The smallest absolute Gasteiger partial charge is 0.0535 e. The summed E-state index contributed by atoms with van der Waals surface area (Å²) in [5.74, 6) is 0. The van der Waals surface area contributed by atoms with Crippen LogP contribution in [0.2, 0.25) is 0 Å². The molecular weight excluding hydrogens is 176 g/mol. The highest BCUT2D eigenvalue weighted by Gasteiger charge is 1.99. The molecule has 0 fully saturated rings. The first-order chi connectivity index (χ1) is 6.86. The number of aryl methyl sites for hydroxylation is 1. The first kappa shape index (κ1) is 9.02. The Morgan fingerprint density at radius 1 is 1.43 bits per heavy atom. The normalized spacial score (nSPS) is 10.6. The number of H-pyrrole nitrogens is 2. The molecule has 3 N–H and O–H groups in total. The first-order valence-corrected chi connectivity index (χ1v) is 4.68. The lowest BCUT2D eigenvalue weighted by molar-refractivity contribution is 0.680. The van der Waals surface area contributed by atoms with Crippen LogP contribution in [-0.2, 0) is 13.1 Å². The van der Waals surface area contributed by atoms with Crippen molar-refractivity contribution in [1.82, 2.24) is 20.5 Å². The van der Waals surface area contributed by atoms with E-state index in [4.69, 9.17) is 0 Å². The van der Waals surface area contributed by atoms with Crippen LogP contribution < -0.4 is 5.32 Å². The fourth-order valence-corrected chi connectivity index (χ4v) is 1.36. The first-order valence-electron chi connectivity index (χ1n) is 4.68. The van der Waals surface area contributed by atoms with Crippen LogP contribution in [0, 0.1) is 6.92 Å². The van der Waals surface area contributed by atoms with Crippen molar-refractivity contribution in [1.29, 1.82) is 0 Å². The molecule has 2 rings (SSSR count). The van der Waals surface area contributed by atoms with Crippen LogP contribution in [0.1, 0.15) is 17.0 Å². The molecule has 0 aromatic carbocycles. The van der Waals surface area contributed by atoms with Gasteiger partial charge in [-0.3, -0.25) is 5.10 Å². The van der Waals surface area contributed by atoms with Gasteiger partial charge in [-0.05, 0) is 19.1 Å². The van der Waals surface area contributed by atoms with E-state index in [1.54, 1.807) is 0 Å². The van der Waals surface area contributed by atoms with Gasteiger partial charge >= 0.3 is 0 Å². The van der Waals surface area contributed by atoms with Crippen molar-refractivity contribution in [3.63, 3.8) is 0 Å². The molecule has 0 saturated heterocycles. The summed E-state index contributed by atoms with van der Waals surface area (Å²) >= 11 is 0. The van der Waals surface area contributed by atoms with E-state index in [9.17, 15) is 0 Å². The second kappa shape index (κ2) is 4.11. The van der Waals surface area contributed by atoms with E-state index >= 15 is 0 Å². The minimum Gasteiger partial charge on any atom is -0.364 e. The zero-order valence-corrected chi connectivity index (χ0v) is 8.17. The summed E-state index contributed by atoms with van der Waals surface area (Å²) in [5.41, 5.74) is 3.55. The highest BCUT2D eigenvalue weighted by atomic mass is 15.1. The van der Waals surface area contributed by atoms with Crippen LogP contribution in [0.25, 0.3) is 0 Å². The number of hydrogen-bond donors (Lipinski definition) is 3. The highest BCUT2D eigenvalue weighted by molar-refractivity contribution is 5.14. The maximum atomic E-state index is 3.96. The van der Waals surface area contributed by atoms with Gasteiger partial charge in [0.25, 0.3) is 0 Å². The molecule has 0 aliphatic carbocycles. The molecule has 2 aromatic heterocycles. The second-order valence-electron chi connectivity index (χ2n) is 3.32. The summed E-state index contributed by atoms with van der Waals surface area (Å²) in [7, 11) is 0.